The average Bonchev–Trinajstić information content (AvgIpc) is 3.11. The minimum absolute atomic E-state index is 0.0217. The van der Waals surface area contributed by atoms with Crippen LogP contribution in [-0.4, -0.2) is 42.6 Å². The molecule has 7 heteroatoms. The largest absolute Gasteiger partial charge is 0.481 e. The fourth-order valence-corrected chi connectivity index (χ4v) is 6.03. The second-order valence-electron chi connectivity index (χ2n) is 5.99. The molecule has 1 N–H and O–H groups in total. The van der Waals surface area contributed by atoms with Gasteiger partial charge in [-0.15, -0.1) is 11.3 Å². The minimum Gasteiger partial charge on any atom is -0.481 e. The standard InChI is InChI=1S/C14H19NO4S2/c16-13(17)14-6-1-3-11(14)9-15(10-14)21(18,19)8-5-12-4-2-7-20-12/h2,4,7,11H,1,3,5-6,8-10H2,(H,16,17)/t11-,14+/m0/s1. The summed E-state index contributed by atoms with van der Waals surface area (Å²) in [6.07, 6.45) is 2.81. The summed E-state index contributed by atoms with van der Waals surface area (Å²) in [7, 11) is -3.37. The van der Waals surface area contributed by atoms with E-state index >= 15 is 0 Å². The molecule has 1 aliphatic heterocycles. The van der Waals surface area contributed by atoms with E-state index in [0.29, 0.717) is 19.4 Å². The van der Waals surface area contributed by atoms with E-state index in [1.807, 2.05) is 17.5 Å². The second-order valence-corrected chi connectivity index (χ2v) is 9.11. The van der Waals surface area contributed by atoms with E-state index in [4.69, 9.17) is 0 Å². The lowest BCUT2D eigenvalue weighted by atomic mass is 9.81. The Morgan fingerprint density at radius 3 is 2.95 bits per heavy atom. The van der Waals surface area contributed by atoms with Gasteiger partial charge in [-0.2, -0.15) is 0 Å². The molecular formula is C14H19NO4S2. The van der Waals surface area contributed by atoms with Gasteiger partial charge in [0.05, 0.1) is 11.2 Å². The van der Waals surface area contributed by atoms with Crippen molar-refractivity contribution in [3.05, 3.63) is 22.4 Å². The van der Waals surface area contributed by atoms with Gasteiger partial charge in [0, 0.05) is 18.0 Å². The molecule has 2 aliphatic rings. The predicted octanol–water partition coefficient (Wildman–Crippen LogP) is 1.81. The third-order valence-corrected chi connectivity index (χ3v) is 7.57. The first-order chi connectivity index (χ1) is 9.94. The van der Waals surface area contributed by atoms with Crippen molar-refractivity contribution in [3.63, 3.8) is 0 Å². The number of carbonyl (C=O) groups is 1. The van der Waals surface area contributed by atoms with E-state index in [1.165, 1.54) is 4.31 Å². The molecule has 0 unspecified atom stereocenters. The zero-order valence-corrected chi connectivity index (χ0v) is 13.3. The van der Waals surface area contributed by atoms with Crippen LogP contribution in [-0.2, 0) is 21.2 Å². The van der Waals surface area contributed by atoms with Crippen LogP contribution >= 0.6 is 11.3 Å². The highest BCUT2D eigenvalue weighted by Gasteiger charge is 2.56. The smallest absolute Gasteiger partial charge is 0.311 e. The van der Waals surface area contributed by atoms with Crippen LogP contribution in [0.2, 0.25) is 0 Å². The number of hydrogen-bond acceptors (Lipinski definition) is 4. The van der Waals surface area contributed by atoms with Crippen LogP contribution in [0.1, 0.15) is 24.1 Å². The number of aliphatic carboxylic acids is 1. The number of sulfonamides is 1. The number of carboxylic acids is 1. The molecule has 21 heavy (non-hydrogen) atoms. The summed E-state index contributed by atoms with van der Waals surface area (Å²) < 4.78 is 26.3. The maximum absolute atomic E-state index is 12.5. The third kappa shape index (κ3) is 2.62. The monoisotopic (exact) mass is 329 g/mol. The molecule has 116 valence electrons. The zero-order valence-electron chi connectivity index (χ0n) is 11.7. The number of carboxylic acid groups (broad SMARTS) is 1. The number of thiophene rings is 1. The van der Waals surface area contributed by atoms with E-state index in [9.17, 15) is 18.3 Å². The molecule has 2 fully saturated rings. The van der Waals surface area contributed by atoms with Crippen molar-refractivity contribution < 1.29 is 18.3 Å². The second kappa shape index (κ2) is 5.37. The van der Waals surface area contributed by atoms with E-state index in [2.05, 4.69) is 0 Å². The fraction of sp³-hybridized carbons (Fsp3) is 0.643. The molecular weight excluding hydrogens is 310 g/mol. The lowest BCUT2D eigenvalue weighted by Gasteiger charge is -2.23. The van der Waals surface area contributed by atoms with Crippen molar-refractivity contribution in [2.24, 2.45) is 11.3 Å². The van der Waals surface area contributed by atoms with Crippen LogP contribution in [0.15, 0.2) is 17.5 Å². The molecule has 5 nitrogen and oxygen atoms in total. The first-order valence-corrected chi connectivity index (χ1v) is 9.66. The Labute approximate surface area is 128 Å². The van der Waals surface area contributed by atoms with Gasteiger partial charge in [-0.25, -0.2) is 12.7 Å². The van der Waals surface area contributed by atoms with Crippen molar-refractivity contribution in [2.45, 2.75) is 25.7 Å². The zero-order chi connectivity index (χ0) is 15.1. The first kappa shape index (κ1) is 15.0. The van der Waals surface area contributed by atoms with Gasteiger partial charge in [0.25, 0.3) is 0 Å². The van der Waals surface area contributed by atoms with Crippen LogP contribution in [0.4, 0.5) is 0 Å². The van der Waals surface area contributed by atoms with Gasteiger partial charge >= 0.3 is 5.97 Å². The molecule has 0 spiro atoms. The predicted molar refractivity (Wildman–Crippen MR) is 80.8 cm³/mol. The van der Waals surface area contributed by atoms with Gasteiger partial charge in [0.15, 0.2) is 0 Å². The summed E-state index contributed by atoms with van der Waals surface area (Å²) in [5.41, 5.74) is -0.837. The highest BCUT2D eigenvalue weighted by molar-refractivity contribution is 7.89. The van der Waals surface area contributed by atoms with E-state index in [0.717, 1.165) is 17.7 Å². The number of aryl methyl sites for hydroxylation is 1. The fourth-order valence-electron chi connectivity index (χ4n) is 3.62. The van der Waals surface area contributed by atoms with Crippen molar-refractivity contribution in [1.82, 2.24) is 4.31 Å². The normalized spacial score (nSPS) is 29.6. The molecule has 1 saturated heterocycles. The maximum atomic E-state index is 12.5. The highest BCUT2D eigenvalue weighted by atomic mass is 32.2. The topological polar surface area (TPSA) is 74.7 Å². The molecule has 0 amide bonds. The van der Waals surface area contributed by atoms with E-state index in [1.54, 1.807) is 11.3 Å². The lowest BCUT2D eigenvalue weighted by molar-refractivity contribution is -0.149. The van der Waals surface area contributed by atoms with Crippen molar-refractivity contribution in [3.8, 4) is 0 Å². The molecule has 0 aromatic carbocycles. The molecule has 3 rings (SSSR count). The van der Waals surface area contributed by atoms with Crippen LogP contribution in [0.3, 0.4) is 0 Å². The molecule has 1 aliphatic carbocycles. The molecule has 2 atom stereocenters. The highest BCUT2D eigenvalue weighted by Crippen LogP contribution is 2.49. The minimum atomic E-state index is -3.37. The summed E-state index contributed by atoms with van der Waals surface area (Å²) >= 11 is 1.55. The van der Waals surface area contributed by atoms with E-state index < -0.39 is 21.4 Å². The van der Waals surface area contributed by atoms with Crippen LogP contribution < -0.4 is 0 Å². The Hall–Kier alpha value is -0.920. The summed E-state index contributed by atoms with van der Waals surface area (Å²) in [6, 6.07) is 3.84. The first-order valence-electron chi connectivity index (χ1n) is 7.18. The molecule has 0 bridgehead atoms. The summed E-state index contributed by atoms with van der Waals surface area (Å²) in [5.74, 6) is -0.789. The van der Waals surface area contributed by atoms with Crippen molar-refractivity contribution in [1.29, 1.82) is 0 Å². The van der Waals surface area contributed by atoms with Gasteiger partial charge in [-0.3, -0.25) is 4.79 Å². The van der Waals surface area contributed by atoms with Crippen LogP contribution in [0.5, 0.6) is 0 Å². The average molecular weight is 329 g/mol. The molecule has 0 radical (unpaired) electrons. The van der Waals surface area contributed by atoms with Gasteiger partial charge < -0.3 is 5.11 Å². The Kier molecular flexibility index (Phi) is 3.83. The molecule has 1 aromatic rings. The number of hydrogen-bond donors (Lipinski definition) is 1. The van der Waals surface area contributed by atoms with Gasteiger partial charge in [0.1, 0.15) is 0 Å². The van der Waals surface area contributed by atoms with Crippen molar-refractivity contribution >= 4 is 27.3 Å². The van der Waals surface area contributed by atoms with Gasteiger partial charge in [-0.1, -0.05) is 12.5 Å². The number of rotatable bonds is 5. The van der Waals surface area contributed by atoms with Crippen molar-refractivity contribution in [2.75, 3.05) is 18.8 Å². The van der Waals surface area contributed by atoms with Gasteiger partial charge in [0.2, 0.25) is 10.0 Å². The van der Waals surface area contributed by atoms with Gasteiger partial charge in [-0.05, 0) is 36.6 Å². The number of fused-ring (bicyclic) bond motifs is 1. The van der Waals surface area contributed by atoms with Crippen LogP contribution in [0.25, 0.3) is 0 Å². The Morgan fingerprint density at radius 2 is 2.33 bits per heavy atom. The maximum Gasteiger partial charge on any atom is 0.311 e. The number of nitrogens with zero attached hydrogens (tertiary/aromatic N) is 1. The SMILES string of the molecule is O=C(O)[C@@]12CCC[C@H]1CN(S(=O)(=O)CCc1cccs1)C2. The Morgan fingerprint density at radius 1 is 1.52 bits per heavy atom. The Balaban J connectivity index is 1.71. The summed E-state index contributed by atoms with van der Waals surface area (Å²) in [4.78, 5) is 12.6. The summed E-state index contributed by atoms with van der Waals surface area (Å²) in [5, 5.41) is 11.5. The van der Waals surface area contributed by atoms with Crippen LogP contribution in [0, 0.1) is 11.3 Å². The Bertz CT molecular complexity index is 625. The quantitative estimate of drug-likeness (QED) is 0.894. The lowest BCUT2D eigenvalue weighted by Crippen LogP contribution is -2.38. The summed E-state index contributed by atoms with van der Waals surface area (Å²) in [6.45, 7) is 0.527. The third-order valence-electron chi connectivity index (χ3n) is 4.85. The molecule has 1 aromatic heterocycles. The molecule has 2 heterocycles. The van der Waals surface area contributed by atoms with E-state index in [-0.39, 0.29) is 18.2 Å². The molecule has 1 saturated carbocycles.